The van der Waals surface area contributed by atoms with Crippen LogP contribution in [0.25, 0.3) is 0 Å². The van der Waals surface area contributed by atoms with Crippen molar-refractivity contribution in [2.24, 2.45) is 11.8 Å². The Balaban J connectivity index is 2.27. The van der Waals surface area contributed by atoms with Gasteiger partial charge in [0.25, 0.3) is 10.0 Å². The molecule has 1 aromatic heterocycles. The second-order valence-electron chi connectivity index (χ2n) is 4.82. The van der Waals surface area contributed by atoms with Gasteiger partial charge in [-0.05, 0) is 18.8 Å². The average molecular weight is 320 g/mol. The molecule has 112 valence electrons. The van der Waals surface area contributed by atoms with Gasteiger partial charge in [0.15, 0.2) is 5.00 Å². The minimum atomic E-state index is -3.75. The maximum Gasteiger partial charge on any atom is 0.306 e. The second-order valence-corrected chi connectivity index (χ2v) is 7.81. The van der Waals surface area contributed by atoms with Crippen molar-refractivity contribution >= 4 is 32.0 Å². The predicted molar refractivity (Wildman–Crippen MR) is 75.9 cm³/mol. The van der Waals surface area contributed by atoms with Crippen molar-refractivity contribution in [1.29, 1.82) is 0 Å². The van der Waals surface area contributed by atoms with Crippen LogP contribution in [0.5, 0.6) is 0 Å². The van der Waals surface area contributed by atoms with Crippen LogP contribution in [0, 0.1) is 16.0 Å². The summed E-state index contributed by atoms with van der Waals surface area (Å²) in [5.41, 5.74) is 1.82. The molecule has 2 atom stereocenters. The fourth-order valence-corrected chi connectivity index (χ4v) is 4.94. The van der Waals surface area contributed by atoms with Crippen molar-refractivity contribution in [2.45, 2.75) is 36.4 Å². The van der Waals surface area contributed by atoms with E-state index in [1.165, 1.54) is 0 Å². The van der Waals surface area contributed by atoms with Crippen molar-refractivity contribution in [1.82, 2.24) is 4.72 Å². The Morgan fingerprint density at radius 2 is 2.20 bits per heavy atom. The van der Waals surface area contributed by atoms with Crippen LogP contribution < -0.4 is 16.0 Å². The summed E-state index contributed by atoms with van der Waals surface area (Å²) in [4.78, 5) is 10.2. The molecule has 0 radical (unpaired) electrons. The molecule has 1 saturated carbocycles. The number of nitrogen functional groups attached to an aromatic ring is 1. The van der Waals surface area contributed by atoms with Gasteiger partial charge in [0.2, 0.25) is 0 Å². The largest absolute Gasteiger partial charge is 0.310 e. The van der Waals surface area contributed by atoms with Gasteiger partial charge >= 0.3 is 5.69 Å². The number of nitrogens with zero attached hydrogens (tertiary/aromatic N) is 1. The molecule has 0 aromatic carbocycles. The molecular formula is C10H16N4O4S2. The van der Waals surface area contributed by atoms with E-state index in [2.05, 4.69) is 10.1 Å². The minimum Gasteiger partial charge on any atom is -0.310 e. The normalized spacial score (nSPS) is 22.9. The maximum atomic E-state index is 12.2. The fraction of sp³-hybridized carbons (Fsp3) is 0.600. The number of hydrazine groups is 1. The van der Waals surface area contributed by atoms with Crippen LogP contribution in [0.4, 0.5) is 10.7 Å². The molecule has 0 bridgehead atoms. The Hall–Kier alpha value is -1.23. The van der Waals surface area contributed by atoms with Gasteiger partial charge in [0.05, 0.1) is 4.92 Å². The predicted octanol–water partition coefficient (Wildman–Crippen LogP) is 1.41. The van der Waals surface area contributed by atoms with E-state index in [1.54, 1.807) is 0 Å². The summed E-state index contributed by atoms with van der Waals surface area (Å²) in [6.45, 7) is 1.99. The van der Waals surface area contributed by atoms with Crippen molar-refractivity contribution in [3.8, 4) is 0 Å². The van der Waals surface area contributed by atoms with Crippen LogP contribution in [0.15, 0.2) is 10.3 Å². The summed E-state index contributed by atoms with van der Waals surface area (Å²) in [6, 6.07) is 0.914. The third-order valence-electron chi connectivity index (χ3n) is 3.45. The van der Waals surface area contributed by atoms with Crippen molar-refractivity contribution in [3.05, 3.63) is 16.2 Å². The lowest BCUT2D eigenvalue weighted by atomic mass is 10.1. The van der Waals surface area contributed by atoms with Crippen molar-refractivity contribution in [2.75, 3.05) is 5.43 Å². The Bertz CT molecular complexity index is 613. The monoisotopic (exact) mass is 320 g/mol. The minimum absolute atomic E-state index is 0.0230. The van der Waals surface area contributed by atoms with E-state index in [1.807, 2.05) is 6.92 Å². The maximum absolute atomic E-state index is 12.2. The standard InChI is InChI=1S/C10H16N4O4S2/c1-6-3-2-4-7(6)13-20(17,18)9-5-8(14(15)16)10(12-11)19-9/h5-7,12-13H,2-4,11H2,1H3. The average Bonchev–Trinajstić information content (AvgIpc) is 2.96. The molecule has 1 aliphatic carbocycles. The number of anilines is 1. The van der Waals surface area contributed by atoms with Gasteiger partial charge < -0.3 is 5.43 Å². The smallest absolute Gasteiger partial charge is 0.306 e. The molecule has 0 saturated heterocycles. The zero-order valence-corrected chi connectivity index (χ0v) is 12.5. The van der Waals surface area contributed by atoms with Crippen LogP contribution in [0.3, 0.4) is 0 Å². The van der Waals surface area contributed by atoms with E-state index in [0.29, 0.717) is 0 Å². The number of hydrogen-bond acceptors (Lipinski definition) is 7. The van der Waals surface area contributed by atoms with E-state index in [4.69, 9.17) is 5.84 Å². The highest BCUT2D eigenvalue weighted by atomic mass is 32.2. The zero-order chi connectivity index (χ0) is 14.9. The lowest BCUT2D eigenvalue weighted by molar-refractivity contribution is -0.383. The molecule has 2 rings (SSSR count). The topological polar surface area (TPSA) is 127 Å². The van der Waals surface area contributed by atoms with E-state index < -0.39 is 14.9 Å². The third kappa shape index (κ3) is 2.92. The molecule has 0 amide bonds. The third-order valence-corrected chi connectivity index (χ3v) is 6.47. The highest BCUT2D eigenvalue weighted by Crippen LogP contribution is 2.37. The molecule has 2 unspecified atom stereocenters. The SMILES string of the molecule is CC1CCCC1NS(=O)(=O)c1cc([N+](=O)[O-])c(NN)s1. The van der Waals surface area contributed by atoms with Gasteiger partial charge in [-0.15, -0.1) is 0 Å². The van der Waals surface area contributed by atoms with Gasteiger partial charge in [-0.3, -0.25) is 10.1 Å². The number of rotatable bonds is 5. The Morgan fingerprint density at radius 1 is 1.50 bits per heavy atom. The molecule has 1 aromatic rings. The molecule has 1 heterocycles. The Kier molecular flexibility index (Phi) is 4.28. The van der Waals surface area contributed by atoms with Crippen LogP contribution in [0.2, 0.25) is 0 Å². The molecule has 8 nitrogen and oxygen atoms in total. The lowest BCUT2D eigenvalue weighted by Crippen LogP contribution is -2.36. The number of sulfonamides is 1. The summed E-state index contributed by atoms with van der Waals surface area (Å²) >= 11 is 0.751. The first-order chi connectivity index (χ1) is 9.35. The Morgan fingerprint density at radius 3 is 2.65 bits per heavy atom. The molecule has 1 fully saturated rings. The van der Waals surface area contributed by atoms with Crippen LogP contribution in [-0.4, -0.2) is 19.4 Å². The molecule has 0 aliphatic heterocycles. The van der Waals surface area contributed by atoms with Gasteiger partial charge in [-0.25, -0.2) is 19.0 Å². The van der Waals surface area contributed by atoms with Gasteiger partial charge in [-0.2, -0.15) is 0 Å². The van der Waals surface area contributed by atoms with E-state index in [9.17, 15) is 18.5 Å². The number of hydrogen-bond donors (Lipinski definition) is 3. The van der Waals surface area contributed by atoms with Crippen LogP contribution >= 0.6 is 11.3 Å². The van der Waals surface area contributed by atoms with Gasteiger partial charge in [-0.1, -0.05) is 24.7 Å². The first-order valence-electron chi connectivity index (χ1n) is 6.12. The van der Waals surface area contributed by atoms with Crippen molar-refractivity contribution < 1.29 is 13.3 Å². The zero-order valence-electron chi connectivity index (χ0n) is 10.8. The quantitative estimate of drug-likeness (QED) is 0.427. The molecule has 10 heteroatoms. The number of nitrogens with two attached hydrogens (primary N) is 1. The van der Waals surface area contributed by atoms with Gasteiger partial charge in [0, 0.05) is 12.1 Å². The first kappa shape index (κ1) is 15.2. The lowest BCUT2D eigenvalue weighted by Gasteiger charge is -2.16. The fourth-order valence-electron chi connectivity index (χ4n) is 2.31. The summed E-state index contributed by atoms with van der Waals surface area (Å²) in [5.74, 6) is 5.44. The molecule has 0 spiro atoms. The molecular weight excluding hydrogens is 304 g/mol. The first-order valence-corrected chi connectivity index (χ1v) is 8.42. The summed E-state index contributed by atoms with van der Waals surface area (Å²) in [7, 11) is -3.75. The molecule has 20 heavy (non-hydrogen) atoms. The van der Waals surface area contributed by atoms with Crippen molar-refractivity contribution in [3.63, 3.8) is 0 Å². The summed E-state index contributed by atoms with van der Waals surface area (Å²) in [6.07, 6.45) is 2.75. The highest BCUT2D eigenvalue weighted by molar-refractivity contribution is 7.91. The second kappa shape index (κ2) is 5.64. The number of nitro groups is 1. The van der Waals surface area contributed by atoms with E-state index in [0.717, 1.165) is 36.7 Å². The van der Waals surface area contributed by atoms with E-state index in [-0.39, 0.29) is 26.9 Å². The van der Waals surface area contributed by atoms with Crippen LogP contribution in [0.1, 0.15) is 26.2 Å². The Labute approximate surface area is 120 Å². The number of nitrogens with one attached hydrogen (secondary N) is 2. The van der Waals surface area contributed by atoms with Crippen LogP contribution in [-0.2, 0) is 10.0 Å². The van der Waals surface area contributed by atoms with Gasteiger partial charge in [0.1, 0.15) is 4.21 Å². The summed E-state index contributed by atoms with van der Waals surface area (Å²) in [5, 5.41) is 10.8. The summed E-state index contributed by atoms with van der Waals surface area (Å²) < 4.78 is 27.0. The molecule has 1 aliphatic rings. The highest BCUT2D eigenvalue weighted by Gasteiger charge is 2.31. The number of thiophene rings is 1. The molecule has 4 N–H and O–H groups in total. The van der Waals surface area contributed by atoms with E-state index >= 15 is 0 Å².